The van der Waals surface area contributed by atoms with Crippen LogP contribution < -0.4 is 10.6 Å². The summed E-state index contributed by atoms with van der Waals surface area (Å²) in [5.74, 6) is -0.0881. The molecule has 0 spiro atoms. The van der Waals surface area contributed by atoms with Gasteiger partial charge in [-0.3, -0.25) is 4.79 Å². The van der Waals surface area contributed by atoms with Gasteiger partial charge >= 0.3 is 6.09 Å². The number of aromatic nitrogens is 2. The molecule has 0 saturated carbocycles. The zero-order valence-corrected chi connectivity index (χ0v) is 21.0. The molecule has 8 nitrogen and oxygen atoms in total. The number of nitrogens with one attached hydrogen (secondary N) is 2. The van der Waals surface area contributed by atoms with Gasteiger partial charge in [0.15, 0.2) is 0 Å². The largest absolute Gasteiger partial charge is 0.444 e. The Morgan fingerprint density at radius 2 is 2.03 bits per heavy atom. The maximum Gasteiger partial charge on any atom is 0.407 e. The molecule has 2 amide bonds. The number of alkyl carbamates (subject to hydrolysis) is 1. The number of amides is 2. The third-order valence-corrected chi connectivity index (χ3v) is 6.82. The van der Waals surface area contributed by atoms with Gasteiger partial charge in [0.1, 0.15) is 11.4 Å². The van der Waals surface area contributed by atoms with Crippen molar-refractivity contribution in [2.24, 2.45) is 0 Å². The van der Waals surface area contributed by atoms with E-state index in [0.717, 1.165) is 15.5 Å². The van der Waals surface area contributed by atoms with Gasteiger partial charge in [-0.25, -0.2) is 19.2 Å². The number of anilines is 2. The van der Waals surface area contributed by atoms with Crippen LogP contribution in [0.15, 0.2) is 48.7 Å². The maximum absolute atomic E-state index is 13.5. The van der Waals surface area contributed by atoms with E-state index in [9.17, 15) is 14.0 Å². The van der Waals surface area contributed by atoms with Gasteiger partial charge in [0.25, 0.3) is 5.91 Å². The molecule has 0 radical (unpaired) electrons. The van der Waals surface area contributed by atoms with Crippen LogP contribution in [0.25, 0.3) is 21.0 Å². The smallest absolute Gasteiger partial charge is 0.407 e. The van der Waals surface area contributed by atoms with Crippen molar-refractivity contribution in [1.29, 1.82) is 0 Å². The first kappa shape index (κ1) is 23.9. The van der Waals surface area contributed by atoms with E-state index in [0.29, 0.717) is 41.5 Å². The minimum absolute atomic E-state index is 0.0787. The number of nitrogens with zero attached hydrogens (tertiary/aromatic N) is 3. The second kappa shape index (κ2) is 9.34. The van der Waals surface area contributed by atoms with Gasteiger partial charge < -0.3 is 20.3 Å². The van der Waals surface area contributed by atoms with Crippen LogP contribution in [0.5, 0.6) is 0 Å². The van der Waals surface area contributed by atoms with E-state index < -0.39 is 11.7 Å². The van der Waals surface area contributed by atoms with Crippen LogP contribution in [0.4, 0.5) is 20.8 Å². The predicted molar refractivity (Wildman–Crippen MR) is 138 cm³/mol. The van der Waals surface area contributed by atoms with Crippen molar-refractivity contribution in [3.05, 3.63) is 59.4 Å². The first-order chi connectivity index (χ1) is 17.1. The number of hydrogen-bond donors (Lipinski definition) is 2. The molecule has 2 aromatic carbocycles. The molecule has 1 aliphatic heterocycles. The molecule has 10 heteroatoms. The van der Waals surface area contributed by atoms with Crippen molar-refractivity contribution in [1.82, 2.24) is 20.2 Å². The molecule has 0 aliphatic carbocycles. The lowest BCUT2D eigenvalue weighted by molar-refractivity contribution is 0.0502. The second-order valence-electron chi connectivity index (χ2n) is 9.74. The normalized spacial score (nSPS) is 15.9. The summed E-state index contributed by atoms with van der Waals surface area (Å²) in [6, 6.07) is 11.7. The van der Waals surface area contributed by atoms with E-state index in [-0.39, 0.29) is 17.8 Å². The van der Waals surface area contributed by atoms with Crippen molar-refractivity contribution in [2.75, 3.05) is 18.4 Å². The van der Waals surface area contributed by atoms with Crippen molar-refractivity contribution < 1.29 is 18.7 Å². The number of halogens is 1. The summed E-state index contributed by atoms with van der Waals surface area (Å²) in [4.78, 5) is 36.7. The predicted octanol–water partition coefficient (Wildman–Crippen LogP) is 5.47. The summed E-state index contributed by atoms with van der Waals surface area (Å²) in [6.45, 7) is 6.42. The van der Waals surface area contributed by atoms with Crippen LogP contribution in [0.1, 0.15) is 36.9 Å². The lowest BCUT2D eigenvalue weighted by Gasteiger charge is -2.22. The molecule has 2 aromatic heterocycles. The first-order valence-electron chi connectivity index (χ1n) is 11.7. The van der Waals surface area contributed by atoms with E-state index in [1.807, 2.05) is 39.0 Å². The van der Waals surface area contributed by atoms with E-state index >= 15 is 0 Å². The Morgan fingerprint density at radius 1 is 1.19 bits per heavy atom. The van der Waals surface area contributed by atoms with Gasteiger partial charge in [0.05, 0.1) is 16.4 Å². The Kier molecular flexibility index (Phi) is 6.21. The van der Waals surface area contributed by atoms with E-state index in [1.54, 1.807) is 23.2 Å². The van der Waals surface area contributed by atoms with Crippen molar-refractivity contribution >= 4 is 56.0 Å². The van der Waals surface area contributed by atoms with E-state index in [2.05, 4.69) is 20.6 Å². The van der Waals surface area contributed by atoms with E-state index in [4.69, 9.17) is 4.74 Å². The molecule has 1 saturated heterocycles. The number of ether oxygens (including phenoxy) is 1. The molecule has 186 valence electrons. The van der Waals surface area contributed by atoms with Crippen molar-refractivity contribution in [3.8, 4) is 0 Å². The number of fused-ring (bicyclic) bond motifs is 3. The summed E-state index contributed by atoms with van der Waals surface area (Å²) in [5, 5.41) is 7.58. The quantitative estimate of drug-likeness (QED) is 0.380. The Balaban J connectivity index is 1.34. The number of carbonyl (C=O) groups excluding carboxylic acids is 2. The molecule has 1 atom stereocenters. The summed E-state index contributed by atoms with van der Waals surface area (Å²) in [5.41, 5.74) is 0.683. The number of hydrogen-bond acceptors (Lipinski definition) is 7. The Labute approximate surface area is 211 Å². The fourth-order valence-electron chi connectivity index (χ4n) is 4.16. The average molecular weight is 508 g/mol. The SMILES string of the molecule is CC(C)(C)OC(=O)NC1CCN(C(=O)c2cc3c(ccc4cnc(Nc5cccc(F)c5)nc43)s2)C1. The van der Waals surface area contributed by atoms with Crippen molar-refractivity contribution in [3.63, 3.8) is 0 Å². The lowest BCUT2D eigenvalue weighted by atomic mass is 10.2. The molecular weight excluding hydrogens is 481 g/mol. The zero-order valence-electron chi connectivity index (χ0n) is 20.2. The standard InChI is InChI=1S/C26H26FN5O3S/c1-26(2,3)35-25(34)30-18-9-10-32(14-18)23(33)21-12-19-20(36-21)8-7-15-13-28-24(31-22(15)19)29-17-6-4-5-16(27)11-17/h4-8,11-13,18H,9-10,14H2,1-3H3,(H,30,34)(H,28,29,31). The van der Waals surface area contributed by atoms with Gasteiger partial charge in [-0.1, -0.05) is 6.07 Å². The minimum Gasteiger partial charge on any atom is -0.444 e. The van der Waals surface area contributed by atoms with Gasteiger partial charge in [0.2, 0.25) is 5.95 Å². The number of thiophene rings is 1. The third kappa shape index (κ3) is 5.23. The monoisotopic (exact) mass is 507 g/mol. The number of likely N-dealkylation sites (tertiary alicyclic amines) is 1. The fraction of sp³-hybridized carbons (Fsp3) is 0.308. The Bertz CT molecular complexity index is 1470. The molecule has 0 bridgehead atoms. The minimum atomic E-state index is -0.575. The summed E-state index contributed by atoms with van der Waals surface area (Å²) < 4.78 is 19.8. The molecule has 3 heterocycles. The van der Waals surface area contributed by atoms with Crippen LogP contribution in [0.2, 0.25) is 0 Å². The third-order valence-electron chi connectivity index (χ3n) is 5.74. The molecule has 36 heavy (non-hydrogen) atoms. The van der Waals surface area contributed by atoms with Gasteiger partial charge in [-0.15, -0.1) is 11.3 Å². The highest BCUT2D eigenvalue weighted by atomic mass is 32.1. The number of benzene rings is 2. The molecular formula is C26H26FN5O3S. The summed E-state index contributed by atoms with van der Waals surface area (Å²) in [6.07, 6.45) is 1.90. The van der Waals surface area contributed by atoms with Gasteiger partial charge in [0, 0.05) is 40.4 Å². The Morgan fingerprint density at radius 3 is 2.81 bits per heavy atom. The lowest BCUT2D eigenvalue weighted by Crippen LogP contribution is -2.41. The van der Waals surface area contributed by atoms with Crippen LogP contribution in [0, 0.1) is 5.82 Å². The Hall–Kier alpha value is -3.79. The molecule has 5 rings (SSSR count). The molecule has 1 aliphatic rings. The maximum atomic E-state index is 13.5. The fourth-order valence-corrected chi connectivity index (χ4v) is 5.19. The van der Waals surface area contributed by atoms with Crippen molar-refractivity contribution in [2.45, 2.75) is 38.8 Å². The summed E-state index contributed by atoms with van der Waals surface area (Å²) in [7, 11) is 0. The molecule has 4 aromatic rings. The van der Waals surface area contributed by atoms with Crippen LogP contribution in [0.3, 0.4) is 0 Å². The van der Waals surface area contributed by atoms with Crippen LogP contribution in [-0.4, -0.2) is 51.6 Å². The highest BCUT2D eigenvalue weighted by Crippen LogP contribution is 2.33. The number of carbonyl (C=O) groups is 2. The highest BCUT2D eigenvalue weighted by Gasteiger charge is 2.30. The molecule has 1 fully saturated rings. The molecule has 1 unspecified atom stereocenters. The van der Waals surface area contributed by atoms with Crippen LogP contribution >= 0.6 is 11.3 Å². The summed E-state index contributed by atoms with van der Waals surface area (Å²) >= 11 is 1.41. The topological polar surface area (TPSA) is 96.5 Å². The second-order valence-corrected chi connectivity index (χ2v) is 10.8. The first-order valence-corrected chi connectivity index (χ1v) is 12.5. The van der Waals surface area contributed by atoms with Gasteiger partial charge in [-0.05, 0) is 63.6 Å². The molecule has 2 N–H and O–H groups in total. The average Bonchev–Trinajstić information content (AvgIpc) is 3.44. The highest BCUT2D eigenvalue weighted by molar-refractivity contribution is 7.21. The van der Waals surface area contributed by atoms with Gasteiger partial charge in [-0.2, -0.15) is 0 Å². The number of rotatable bonds is 4. The van der Waals surface area contributed by atoms with Crippen LogP contribution in [-0.2, 0) is 4.74 Å². The zero-order chi connectivity index (χ0) is 25.4. The van der Waals surface area contributed by atoms with E-state index in [1.165, 1.54) is 23.5 Å².